The van der Waals surface area contributed by atoms with Crippen LogP contribution in [0.15, 0.2) is 24.3 Å². The lowest BCUT2D eigenvalue weighted by molar-refractivity contribution is 0.198. The molecule has 1 aromatic rings. The second-order valence-electron chi connectivity index (χ2n) is 3.14. The molecule has 0 fully saturated rings. The van der Waals surface area contributed by atoms with Crippen molar-refractivity contribution in [3.05, 3.63) is 29.8 Å². The van der Waals surface area contributed by atoms with Gasteiger partial charge in [-0.05, 0) is 24.6 Å². The van der Waals surface area contributed by atoms with Gasteiger partial charge in [0.1, 0.15) is 5.75 Å². The largest absolute Gasteiger partial charge is 0.493 e. The fourth-order valence-corrected chi connectivity index (χ4v) is 1.11. The molecule has 1 unspecified atom stereocenters. The van der Waals surface area contributed by atoms with Crippen LogP contribution in [-0.4, -0.2) is 18.4 Å². The van der Waals surface area contributed by atoms with Gasteiger partial charge in [0, 0.05) is 6.42 Å². The van der Waals surface area contributed by atoms with E-state index in [0.29, 0.717) is 18.8 Å². The summed E-state index contributed by atoms with van der Waals surface area (Å²) in [5.74, 6) is 0.678. The highest BCUT2D eigenvalue weighted by Gasteiger charge is 2.01. The minimum atomic E-state index is -0.500. The van der Waals surface area contributed by atoms with Gasteiger partial charge in [-0.1, -0.05) is 12.1 Å². The van der Waals surface area contributed by atoms with Gasteiger partial charge in [-0.3, -0.25) is 4.39 Å². The van der Waals surface area contributed by atoms with Gasteiger partial charge >= 0.3 is 0 Å². The first kappa shape index (κ1) is 11.0. The summed E-state index contributed by atoms with van der Waals surface area (Å²) in [6.07, 6.45) is -0.0986. The fraction of sp³-hybridized carbons (Fsp3) is 0.455. The third kappa shape index (κ3) is 3.34. The van der Waals surface area contributed by atoms with Gasteiger partial charge in [0.25, 0.3) is 0 Å². The van der Waals surface area contributed by atoms with E-state index in [9.17, 15) is 9.50 Å². The van der Waals surface area contributed by atoms with Crippen molar-refractivity contribution in [1.29, 1.82) is 0 Å². The van der Waals surface area contributed by atoms with Crippen LogP contribution in [-0.2, 0) is 0 Å². The maximum atomic E-state index is 11.8. The first-order valence-corrected chi connectivity index (χ1v) is 4.71. The number of benzene rings is 1. The second-order valence-corrected chi connectivity index (χ2v) is 3.14. The molecule has 0 spiro atoms. The fourth-order valence-electron chi connectivity index (χ4n) is 1.11. The Morgan fingerprint density at radius 3 is 2.93 bits per heavy atom. The summed E-state index contributed by atoms with van der Waals surface area (Å²) < 4.78 is 17.1. The summed E-state index contributed by atoms with van der Waals surface area (Å²) in [4.78, 5) is 0. The molecule has 78 valence electrons. The summed E-state index contributed by atoms with van der Waals surface area (Å²) in [5.41, 5.74) is 0.808. The van der Waals surface area contributed by atoms with Gasteiger partial charge in [-0.2, -0.15) is 0 Å². The van der Waals surface area contributed by atoms with Gasteiger partial charge in [0.15, 0.2) is 0 Å². The van der Waals surface area contributed by atoms with Crippen molar-refractivity contribution in [3.8, 4) is 5.75 Å². The van der Waals surface area contributed by atoms with E-state index in [1.54, 1.807) is 19.1 Å². The zero-order valence-electron chi connectivity index (χ0n) is 8.24. The molecule has 1 aromatic carbocycles. The molecule has 0 aliphatic rings. The molecular formula is C11H15FO2. The van der Waals surface area contributed by atoms with E-state index in [-0.39, 0.29) is 6.67 Å². The van der Waals surface area contributed by atoms with Gasteiger partial charge in [0.05, 0.1) is 19.4 Å². The molecule has 0 heterocycles. The van der Waals surface area contributed by atoms with E-state index in [2.05, 4.69) is 0 Å². The molecule has 0 saturated heterocycles. The lowest BCUT2D eigenvalue weighted by atomic mass is 10.1. The van der Waals surface area contributed by atoms with Crippen molar-refractivity contribution < 1.29 is 14.2 Å². The van der Waals surface area contributed by atoms with Crippen molar-refractivity contribution in [2.24, 2.45) is 0 Å². The van der Waals surface area contributed by atoms with Crippen molar-refractivity contribution in [1.82, 2.24) is 0 Å². The van der Waals surface area contributed by atoms with E-state index in [1.165, 1.54) is 0 Å². The molecule has 0 aromatic heterocycles. The molecule has 2 nitrogen and oxygen atoms in total. The monoisotopic (exact) mass is 198 g/mol. The van der Waals surface area contributed by atoms with Crippen molar-refractivity contribution in [3.63, 3.8) is 0 Å². The molecule has 1 N–H and O–H groups in total. The molecule has 0 bridgehead atoms. The zero-order valence-corrected chi connectivity index (χ0v) is 8.24. The number of ether oxygens (including phenoxy) is 1. The smallest absolute Gasteiger partial charge is 0.119 e. The van der Waals surface area contributed by atoms with Crippen LogP contribution in [0.25, 0.3) is 0 Å². The zero-order chi connectivity index (χ0) is 10.4. The Hall–Kier alpha value is -1.09. The number of rotatable bonds is 5. The highest BCUT2D eigenvalue weighted by atomic mass is 19.1. The van der Waals surface area contributed by atoms with Crippen LogP contribution in [0, 0.1) is 0 Å². The summed E-state index contributed by atoms with van der Waals surface area (Å²) in [6.45, 7) is 1.70. The van der Waals surface area contributed by atoms with Crippen LogP contribution in [0.4, 0.5) is 4.39 Å². The molecule has 0 amide bonds. The van der Waals surface area contributed by atoms with Gasteiger partial charge in [0.2, 0.25) is 0 Å². The normalized spacial score (nSPS) is 12.5. The molecule has 0 radical (unpaired) electrons. The standard InChI is InChI=1S/C11H15FO2/c1-9(13)10-4-2-5-11(8-10)14-7-3-6-12/h2,4-5,8-9,13H,3,6-7H2,1H3. The molecular weight excluding hydrogens is 183 g/mol. The van der Waals surface area contributed by atoms with E-state index < -0.39 is 6.10 Å². The SMILES string of the molecule is CC(O)c1cccc(OCCCF)c1. The topological polar surface area (TPSA) is 29.5 Å². The Balaban J connectivity index is 2.55. The molecule has 1 atom stereocenters. The Labute approximate surface area is 83.3 Å². The van der Waals surface area contributed by atoms with Crippen LogP contribution in [0.3, 0.4) is 0 Å². The Morgan fingerprint density at radius 1 is 1.50 bits per heavy atom. The number of aliphatic hydroxyl groups excluding tert-OH is 1. The van der Waals surface area contributed by atoms with Crippen LogP contribution in [0.5, 0.6) is 5.75 Å². The van der Waals surface area contributed by atoms with E-state index >= 15 is 0 Å². The molecule has 0 saturated carbocycles. The number of alkyl halides is 1. The number of hydrogen-bond donors (Lipinski definition) is 1. The maximum Gasteiger partial charge on any atom is 0.119 e. The van der Waals surface area contributed by atoms with Gasteiger partial charge in [-0.25, -0.2) is 0 Å². The van der Waals surface area contributed by atoms with Crippen molar-refractivity contribution >= 4 is 0 Å². The molecule has 14 heavy (non-hydrogen) atoms. The average Bonchev–Trinajstić information content (AvgIpc) is 2.19. The lowest BCUT2D eigenvalue weighted by Crippen LogP contribution is -1.99. The Kier molecular flexibility index (Phi) is 4.40. The number of aliphatic hydroxyl groups is 1. The summed E-state index contributed by atoms with van der Waals surface area (Å²) in [6, 6.07) is 7.20. The van der Waals surface area contributed by atoms with Crippen molar-refractivity contribution in [2.75, 3.05) is 13.3 Å². The predicted molar refractivity (Wildman–Crippen MR) is 53.2 cm³/mol. The van der Waals surface area contributed by atoms with Crippen LogP contribution >= 0.6 is 0 Å². The Morgan fingerprint density at radius 2 is 2.29 bits per heavy atom. The summed E-state index contributed by atoms with van der Waals surface area (Å²) in [7, 11) is 0. The van der Waals surface area contributed by atoms with E-state index in [0.717, 1.165) is 5.56 Å². The average molecular weight is 198 g/mol. The van der Waals surface area contributed by atoms with Gasteiger partial charge in [-0.15, -0.1) is 0 Å². The molecule has 1 rings (SSSR count). The molecule has 0 aliphatic heterocycles. The first-order chi connectivity index (χ1) is 6.74. The highest BCUT2D eigenvalue weighted by molar-refractivity contribution is 5.29. The third-order valence-electron chi connectivity index (χ3n) is 1.89. The molecule has 0 aliphatic carbocycles. The van der Waals surface area contributed by atoms with Crippen LogP contribution in [0.2, 0.25) is 0 Å². The van der Waals surface area contributed by atoms with E-state index in [4.69, 9.17) is 4.74 Å². The highest BCUT2D eigenvalue weighted by Crippen LogP contribution is 2.18. The van der Waals surface area contributed by atoms with E-state index in [1.807, 2.05) is 12.1 Å². The second kappa shape index (κ2) is 5.60. The van der Waals surface area contributed by atoms with Gasteiger partial charge < -0.3 is 9.84 Å². The minimum Gasteiger partial charge on any atom is -0.493 e. The first-order valence-electron chi connectivity index (χ1n) is 4.71. The third-order valence-corrected chi connectivity index (χ3v) is 1.89. The van der Waals surface area contributed by atoms with Crippen molar-refractivity contribution in [2.45, 2.75) is 19.4 Å². The van der Waals surface area contributed by atoms with Crippen LogP contribution in [0.1, 0.15) is 25.0 Å². The predicted octanol–water partition coefficient (Wildman–Crippen LogP) is 2.48. The summed E-state index contributed by atoms with van der Waals surface area (Å²) in [5, 5.41) is 9.30. The minimum absolute atomic E-state index is 0.365. The number of halogens is 1. The van der Waals surface area contributed by atoms with Crippen LogP contribution < -0.4 is 4.74 Å². The quantitative estimate of drug-likeness (QED) is 0.736. The number of hydrogen-bond acceptors (Lipinski definition) is 2. The maximum absolute atomic E-state index is 11.8. The summed E-state index contributed by atoms with van der Waals surface area (Å²) >= 11 is 0. The molecule has 3 heteroatoms. The lowest BCUT2D eigenvalue weighted by Gasteiger charge is -2.08. The Bertz CT molecular complexity index is 274.